The molecule has 0 fully saturated rings. The van der Waals surface area contributed by atoms with Crippen molar-refractivity contribution in [2.24, 2.45) is 0 Å². The third-order valence-corrected chi connectivity index (χ3v) is 2.72. The first-order chi connectivity index (χ1) is 7.84. The van der Waals surface area contributed by atoms with Crippen LogP contribution in [0.15, 0.2) is 18.3 Å². The maximum atomic E-state index is 12.2. The Balaban J connectivity index is 2.91. The predicted molar refractivity (Wildman–Crippen MR) is 54.7 cm³/mol. The van der Waals surface area contributed by atoms with Crippen molar-refractivity contribution in [2.45, 2.75) is 12.7 Å². The van der Waals surface area contributed by atoms with Crippen LogP contribution >= 0.6 is 0 Å². The summed E-state index contributed by atoms with van der Waals surface area (Å²) < 4.78 is 46.9. The topological polar surface area (TPSA) is 59.9 Å². The van der Waals surface area contributed by atoms with Crippen LogP contribution in [0.1, 0.15) is 11.3 Å². The number of rotatable bonds is 2. The first kappa shape index (κ1) is 13.6. The summed E-state index contributed by atoms with van der Waals surface area (Å²) in [5.74, 6) is 0. The van der Waals surface area contributed by atoms with Crippen LogP contribution in [-0.2, 0) is 23.7 Å². The zero-order valence-electron chi connectivity index (χ0n) is 8.77. The molecule has 1 N–H and O–H groups in total. The van der Waals surface area contributed by atoms with Crippen molar-refractivity contribution < 1.29 is 21.7 Å². The van der Waals surface area contributed by atoms with E-state index in [-0.39, 0.29) is 6.54 Å². The maximum absolute atomic E-state index is 12.2. The van der Waals surface area contributed by atoms with Crippen LogP contribution in [0.25, 0.3) is 0 Å². The van der Waals surface area contributed by atoms with Gasteiger partial charge in [-0.25, -0.2) is 0 Å². The van der Waals surface area contributed by atoms with Gasteiger partial charge in [0.1, 0.15) is 23.2 Å². The third kappa shape index (κ3) is 3.80. The van der Waals surface area contributed by atoms with Crippen LogP contribution in [-0.4, -0.2) is 19.7 Å². The number of nitrogens with zero attached hydrogens (tertiary/aromatic N) is 3. The minimum atomic E-state index is -4.47. The van der Waals surface area contributed by atoms with Gasteiger partial charge < -0.3 is 4.55 Å². The van der Waals surface area contributed by atoms with Crippen molar-refractivity contribution in [2.75, 3.05) is 6.26 Å². The average molecular weight is 264 g/mol. The molecule has 1 heterocycles. The summed E-state index contributed by atoms with van der Waals surface area (Å²) in [7, 11) is -1.25. The molecule has 0 amide bonds. The molecule has 1 unspecified atom stereocenters. The Labute approximate surface area is 98.2 Å². The number of nitriles is 1. The van der Waals surface area contributed by atoms with E-state index in [0.29, 0.717) is 5.56 Å². The highest BCUT2D eigenvalue weighted by molar-refractivity contribution is 7.78. The molecule has 1 rings (SSSR count). The predicted octanol–water partition coefficient (Wildman–Crippen LogP) is 2.00. The van der Waals surface area contributed by atoms with Crippen molar-refractivity contribution >= 4 is 11.0 Å². The Morgan fingerprint density at radius 1 is 1.53 bits per heavy atom. The quantitative estimate of drug-likeness (QED) is 0.505. The Hall–Kier alpha value is -1.46. The van der Waals surface area contributed by atoms with E-state index in [1.54, 1.807) is 6.19 Å². The third-order valence-electron chi connectivity index (χ3n) is 1.87. The Kier molecular flexibility index (Phi) is 4.20. The normalized spacial score (nSPS) is 14.0. The van der Waals surface area contributed by atoms with Gasteiger partial charge >= 0.3 is 12.4 Å². The fourth-order valence-corrected chi connectivity index (χ4v) is 1.49. The molecule has 92 valence electrons. The average Bonchev–Trinajstić information content (AvgIpc) is 2.25. The van der Waals surface area contributed by atoms with E-state index < -0.39 is 22.8 Å². The molecule has 1 atom stereocenters. The molecular formula is C9H9F3N3OS+. The van der Waals surface area contributed by atoms with E-state index in [0.717, 1.165) is 16.2 Å². The Morgan fingerprint density at radius 3 is 2.53 bits per heavy atom. The van der Waals surface area contributed by atoms with Crippen LogP contribution in [0.4, 0.5) is 13.2 Å². The van der Waals surface area contributed by atoms with Crippen LogP contribution < -0.4 is 0 Å². The molecule has 0 saturated carbocycles. The van der Waals surface area contributed by atoms with Gasteiger partial charge in [-0.05, 0) is 6.07 Å². The van der Waals surface area contributed by atoms with Gasteiger partial charge in [0.25, 0.3) is 0 Å². The number of alkyl halides is 3. The summed E-state index contributed by atoms with van der Waals surface area (Å²) in [4.78, 5) is 3.26. The largest absolute Gasteiger partial charge is 0.467 e. The zero-order valence-corrected chi connectivity index (χ0v) is 9.59. The second-order valence-corrected chi connectivity index (χ2v) is 4.47. The molecule has 1 aromatic rings. The Morgan fingerprint density at radius 2 is 2.18 bits per heavy atom. The van der Waals surface area contributed by atoms with E-state index in [1.165, 1.54) is 12.3 Å². The first-order valence-electron chi connectivity index (χ1n) is 4.39. The van der Waals surface area contributed by atoms with Crippen LogP contribution in [0.5, 0.6) is 0 Å². The van der Waals surface area contributed by atoms with E-state index >= 15 is 0 Å². The minimum absolute atomic E-state index is 0.0255. The summed E-state index contributed by atoms with van der Waals surface area (Å²) in [5, 5.41) is 8.66. The van der Waals surface area contributed by atoms with Crippen LogP contribution in [0.2, 0.25) is 0 Å². The number of hydrogen-bond acceptors (Lipinski definition) is 2. The summed E-state index contributed by atoms with van der Waals surface area (Å²) in [6, 6.07) is 2.07. The molecule has 17 heavy (non-hydrogen) atoms. The van der Waals surface area contributed by atoms with Crippen LogP contribution in [0.3, 0.4) is 0 Å². The molecule has 0 aliphatic carbocycles. The zero-order chi connectivity index (χ0) is 13.1. The molecule has 1 aromatic heterocycles. The highest BCUT2D eigenvalue weighted by Gasteiger charge is 2.32. The van der Waals surface area contributed by atoms with Crippen molar-refractivity contribution in [1.29, 1.82) is 5.26 Å². The minimum Gasteiger partial charge on any atom is -0.306 e. The highest BCUT2D eigenvalue weighted by Crippen LogP contribution is 2.27. The van der Waals surface area contributed by atoms with E-state index in [4.69, 9.17) is 5.26 Å². The second kappa shape index (κ2) is 5.25. The van der Waals surface area contributed by atoms with Crippen molar-refractivity contribution in [3.63, 3.8) is 0 Å². The fourth-order valence-electron chi connectivity index (χ4n) is 1.04. The van der Waals surface area contributed by atoms with Gasteiger partial charge in [0, 0.05) is 18.0 Å². The lowest BCUT2D eigenvalue weighted by molar-refractivity contribution is -0.433. The number of halogens is 3. The lowest BCUT2D eigenvalue weighted by atomic mass is 10.2. The lowest BCUT2D eigenvalue weighted by Gasteiger charge is -2.05. The summed E-state index contributed by atoms with van der Waals surface area (Å²) in [6.45, 7) is 0.0255. The van der Waals surface area contributed by atoms with Gasteiger partial charge in [-0.3, -0.25) is 4.98 Å². The molecular weight excluding hydrogens is 255 g/mol. The highest BCUT2D eigenvalue weighted by atomic mass is 32.2. The van der Waals surface area contributed by atoms with Crippen LogP contribution in [0, 0.1) is 11.5 Å². The molecule has 0 aliphatic heterocycles. The van der Waals surface area contributed by atoms with Crippen molar-refractivity contribution in [3.8, 4) is 6.19 Å². The molecule has 0 radical (unpaired) electrons. The monoisotopic (exact) mass is 264 g/mol. The SMILES string of the molecule is CS(O)=[N+](C#N)Cc1ccc(C(F)(F)F)nc1. The lowest BCUT2D eigenvalue weighted by Crippen LogP contribution is -2.11. The molecule has 8 heteroatoms. The number of hydrogen-bond donors (Lipinski definition) is 1. The first-order valence-corrected chi connectivity index (χ1v) is 5.94. The number of aromatic nitrogens is 1. The van der Waals surface area contributed by atoms with Gasteiger partial charge in [0.15, 0.2) is 5.26 Å². The van der Waals surface area contributed by atoms with E-state index in [9.17, 15) is 17.7 Å². The smallest absolute Gasteiger partial charge is 0.306 e. The molecule has 0 aliphatic rings. The van der Waals surface area contributed by atoms with Crippen molar-refractivity contribution in [1.82, 2.24) is 4.98 Å². The Bertz CT molecular complexity index is 472. The van der Waals surface area contributed by atoms with E-state index in [2.05, 4.69) is 4.98 Å². The molecule has 0 aromatic carbocycles. The fraction of sp³-hybridized carbons (Fsp3) is 0.333. The van der Waals surface area contributed by atoms with Gasteiger partial charge in [0.05, 0.1) is 0 Å². The second-order valence-electron chi connectivity index (χ2n) is 3.13. The summed E-state index contributed by atoms with van der Waals surface area (Å²) in [5.41, 5.74) is -0.558. The van der Waals surface area contributed by atoms with Gasteiger partial charge in [-0.1, -0.05) is 6.07 Å². The standard InChI is InChI=1S/C9H8F3N3OS/c1-17(16)15(6-13)5-7-2-3-8(14-4-7)9(10,11)12/h2-4H,5H2,1H3/p+1. The summed E-state index contributed by atoms with van der Waals surface area (Å²) in [6.07, 6.45) is -0.273. The molecule has 0 bridgehead atoms. The molecule has 0 saturated heterocycles. The van der Waals surface area contributed by atoms with E-state index in [1.807, 2.05) is 0 Å². The van der Waals surface area contributed by atoms with Gasteiger partial charge in [-0.15, -0.1) is 3.95 Å². The maximum Gasteiger partial charge on any atom is 0.467 e. The van der Waals surface area contributed by atoms with Gasteiger partial charge in [-0.2, -0.15) is 13.2 Å². The summed E-state index contributed by atoms with van der Waals surface area (Å²) >= 11 is 0. The van der Waals surface area contributed by atoms with Crippen molar-refractivity contribution in [3.05, 3.63) is 29.6 Å². The molecule has 4 nitrogen and oxygen atoms in total. The number of pyridine rings is 1. The molecule has 0 spiro atoms. The van der Waals surface area contributed by atoms with Gasteiger partial charge in [0.2, 0.25) is 0 Å².